The van der Waals surface area contributed by atoms with E-state index in [9.17, 15) is 0 Å². The third-order valence-corrected chi connectivity index (χ3v) is 4.37. The molecule has 2 heteroatoms. The van der Waals surface area contributed by atoms with Gasteiger partial charge in [0.1, 0.15) is 0 Å². The molecule has 1 N–H and O–H groups in total. The number of nitrogens with one attached hydrogen (secondary N) is 1. The first-order chi connectivity index (χ1) is 8.93. The molecule has 0 aliphatic carbocycles. The van der Waals surface area contributed by atoms with Crippen LogP contribution in [0.3, 0.4) is 0 Å². The molecule has 2 nitrogen and oxygen atoms in total. The molecule has 0 aromatic heterocycles. The second-order valence-corrected chi connectivity index (χ2v) is 7.56. The molecule has 2 atom stereocenters. The molecule has 0 saturated carbocycles. The van der Waals surface area contributed by atoms with Crippen molar-refractivity contribution in [3.8, 4) is 0 Å². The summed E-state index contributed by atoms with van der Waals surface area (Å²) >= 11 is 0. The smallest absolute Gasteiger partial charge is 0.00510 e. The molecule has 114 valence electrons. The SMILES string of the molecule is CCCCCC(C)(C)CN1CCC(C)NCC(C)C1. The maximum Gasteiger partial charge on any atom is 0.00510 e. The number of hydrogen-bond donors (Lipinski definition) is 1. The first-order valence-electron chi connectivity index (χ1n) is 8.38. The Labute approximate surface area is 121 Å². The predicted molar refractivity (Wildman–Crippen MR) is 85.6 cm³/mol. The van der Waals surface area contributed by atoms with Crippen LogP contribution in [0.5, 0.6) is 0 Å². The fraction of sp³-hybridized carbons (Fsp3) is 1.00. The van der Waals surface area contributed by atoms with Crippen LogP contribution < -0.4 is 5.32 Å². The summed E-state index contributed by atoms with van der Waals surface area (Å²) in [4.78, 5) is 2.72. The van der Waals surface area contributed by atoms with E-state index < -0.39 is 0 Å². The molecule has 1 saturated heterocycles. The average molecular weight is 268 g/mol. The van der Waals surface area contributed by atoms with E-state index in [4.69, 9.17) is 0 Å². The van der Waals surface area contributed by atoms with Gasteiger partial charge in [0.05, 0.1) is 0 Å². The lowest BCUT2D eigenvalue weighted by Gasteiger charge is -2.37. The third kappa shape index (κ3) is 7.31. The minimum Gasteiger partial charge on any atom is -0.314 e. The molecule has 2 unspecified atom stereocenters. The van der Waals surface area contributed by atoms with Crippen LogP contribution in [0.2, 0.25) is 0 Å². The van der Waals surface area contributed by atoms with Gasteiger partial charge in [0.15, 0.2) is 0 Å². The van der Waals surface area contributed by atoms with Crippen LogP contribution in [0, 0.1) is 11.3 Å². The highest BCUT2D eigenvalue weighted by Crippen LogP contribution is 2.26. The third-order valence-electron chi connectivity index (χ3n) is 4.37. The zero-order valence-corrected chi connectivity index (χ0v) is 14.0. The molecule has 0 bridgehead atoms. The van der Waals surface area contributed by atoms with Crippen molar-refractivity contribution in [2.24, 2.45) is 11.3 Å². The van der Waals surface area contributed by atoms with E-state index in [-0.39, 0.29) is 0 Å². The zero-order valence-electron chi connectivity index (χ0n) is 14.0. The van der Waals surface area contributed by atoms with Gasteiger partial charge in [-0.2, -0.15) is 0 Å². The number of rotatable bonds is 6. The van der Waals surface area contributed by atoms with Gasteiger partial charge in [0, 0.05) is 19.1 Å². The van der Waals surface area contributed by atoms with E-state index in [1.165, 1.54) is 58.3 Å². The first kappa shape index (κ1) is 17.0. The lowest BCUT2D eigenvalue weighted by molar-refractivity contribution is 0.132. The van der Waals surface area contributed by atoms with Crippen LogP contribution in [0.1, 0.15) is 66.7 Å². The van der Waals surface area contributed by atoms with Gasteiger partial charge in [-0.05, 0) is 44.2 Å². The summed E-state index contributed by atoms with van der Waals surface area (Å²) in [5.74, 6) is 0.772. The highest BCUT2D eigenvalue weighted by Gasteiger charge is 2.24. The summed E-state index contributed by atoms with van der Waals surface area (Å²) in [7, 11) is 0. The number of hydrogen-bond acceptors (Lipinski definition) is 2. The minimum atomic E-state index is 0.477. The zero-order chi connectivity index (χ0) is 14.3. The van der Waals surface area contributed by atoms with E-state index in [1.54, 1.807) is 0 Å². The van der Waals surface area contributed by atoms with Crippen molar-refractivity contribution >= 4 is 0 Å². The van der Waals surface area contributed by atoms with Crippen LogP contribution in [0.15, 0.2) is 0 Å². The number of nitrogens with zero attached hydrogens (tertiary/aromatic N) is 1. The second kappa shape index (κ2) is 8.26. The fourth-order valence-electron chi connectivity index (χ4n) is 3.16. The van der Waals surface area contributed by atoms with Gasteiger partial charge in [-0.1, -0.05) is 47.0 Å². The van der Waals surface area contributed by atoms with Gasteiger partial charge in [-0.25, -0.2) is 0 Å². The van der Waals surface area contributed by atoms with Crippen molar-refractivity contribution in [1.82, 2.24) is 10.2 Å². The Bertz CT molecular complexity index is 237. The maximum atomic E-state index is 3.63. The minimum absolute atomic E-state index is 0.477. The van der Waals surface area contributed by atoms with E-state index in [0.717, 1.165) is 5.92 Å². The second-order valence-electron chi connectivity index (χ2n) is 7.56. The standard InChI is InChI=1S/C17H36N2/c1-6-7-8-10-17(4,5)14-19-11-9-16(3)18-12-15(2)13-19/h15-16,18H,6-14H2,1-5H3. The molecule has 1 aliphatic heterocycles. The maximum absolute atomic E-state index is 3.63. The Morgan fingerprint density at radius 3 is 2.63 bits per heavy atom. The highest BCUT2D eigenvalue weighted by molar-refractivity contribution is 4.79. The Morgan fingerprint density at radius 2 is 1.95 bits per heavy atom. The van der Waals surface area contributed by atoms with Crippen LogP contribution in [0.4, 0.5) is 0 Å². The van der Waals surface area contributed by atoms with Gasteiger partial charge >= 0.3 is 0 Å². The topological polar surface area (TPSA) is 15.3 Å². The molecule has 1 heterocycles. The summed E-state index contributed by atoms with van der Waals surface area (Å²) in [6.07, 6.45) is 6.78. The van der Waals surface area contributed by atoms with Gasteiger partial charge in [-0.3, -0.25) is 0 Å². The Morgan fingerprint density at radius 1 is 1.21 bits per heavy atom. The molecule has 0 aromatic rings. The first-order valence-corrected chi connectivity index (χ1v) is 8.38. The summed E-state index contributed by atoms with van der Waals surface area (Å²) in [6.45, 7) is 16.9. The molecule has 1 rings (SSSR count). The van der Waals surface area contributed by atoms with E-state index in [2.05, 4.69) is 44.8 Å². The lowest BCUT2D eigenvalue weighted by atomic mass is 9.86. The van der Waals surface area contributed by atoms with Gasteiger partial charge < -0.3 is 10.2 Å². The highest BCUT2D eigenvalue weighted by atomic mass is 15.1. The monoisotopic (exact) mass is 268 g/mol. The molecule has 19 heavy (non-hydrogen) atoms. The Kier molecular flexibility index (Phi) is 7.38. The van der Waals surface area contributed by atoms with Crippen LogP contribution in [-0.2, 0) is 0 Å². The molecule has 1 aliphatic rings. The molecule has 1 fully saturated rings. The summed E-state index contributed by atoms with van der Waals surface area (Å²) in [6, 6.07) is 0.674. The largest absolute Gasteiger partial charge is 0.314 e. The molecule has 0 spiro atoms. The molecule has 0 amide bonds. The van der Waals surface area contributed by atoms with Crippen LogP contribution >= 0.6 is 0 Å². The van der Waals surface area contributed by atoms with Crippen molar-refractivity contribution in [2.45, 2.75) is 72.8 Å². The van der Waals surface area contributed by atoms with Gasteiger partial charge in [0.25, 0.3) is 0 Å². The van der Waals surface area contributed by atoms with Crippen molar-refractivity contribution < 1.29 is 0 Å². The van der Waals surface area contributed by atoms with Gasteiger partial charge in [0.2, 0.25) is 0 Å². The van der Waals surface area contributed by atoms with Crippen molar-refractivity contribution in [3.63, 3.8) is 0 Å². The van der Waals surface area contributed by atoms with Crippen molar-refractivity contribution in [1.29, 1.82) is 0 Å². The van der Waals surface area contributed by atoms with Crippen molar-refractivity contribution in [2.75, 3.05) is 26.2 Å². The van der Waals surface area contributed by atoms with Crippen molar-refractivity contribution in [3.05, 3.63) is 0 Å². The summed E-state index contributed by atoms with van der Waals surface area (Å²) in [5.41, 5.74) is 0.477. The van der Waals surface area contributed by atoms with E-state index in [1.807, 2.05) is 0 Å². The Balaban J connectivity index is 2.42. The molecular formula is C17H36N2. The molecular weight excluding hydrogens is 232 g/mol. The molecule has 0 aromatic carbocycles. The van der Waals surface area contributed by atoms with E-state index in [0.29, 0.717) is 11.5 Å². The number of unbranched alkanes of at least 4 members (excludes halogenated alkanes) is 2. The summed E-state index contributed by atoms with van der Waals surface area (Å²) in [5, 5.41) is 3.63. The summed E-state index contributed by atoms with van der Waals surface area (Å²) < 4.78 is 0. The quantitative estimate of drug-likeness (QED) is 0.735. The van der Waals surface area contributed by atoms with E-state index >= 15 is 0 Å². The Hall–Kier alpha value is -0.0800. The normalized spacial score (nSPS) is 27.0. The predicted octanol–water partition coefficient (Wildman–Crippen LogP) is 3.91. The van der Waals surface area contributed by atoms with Crippen LogP contribution in [-0.4, -0.2) is 37.1 Å². The van der Waals surface area contributed by atoms with Gasteiger partial charge in [-0.15, -0.1) is 0 Å². The van der Waals surface area contributed by atoms with Crippen LogP contribution in [0.25, 0.3) is 0 Å². The lowest BCUT2D eigenvalue weighted by Crippen LogP contribution is -2.45. The molecule has 0 radical (unpaired) electrons. The fourth-order valence-corrected chi connectivity index (χ4v) is 3.16. The average Bonchev–Trinajstić information content (AvgIpc) is 2.31.